The molecule has 0 spiro atoms. The minimum absolute atomic E-state index is 0.00555. The minimum atomic E-state index is -4.58. The Morgan fingerprint density at radius 3 is 2.39 bits per heavy atom. The van der Waals surface area contributed by atoms with E-state index in [1.165, 1.54) is 33.4 Å². The number of hydrogen-bond acceptors (Lipinski definition) is 8. The fraction of sp³-hybridized carbons (Fsp3) is 0.175. The highest BCUT2D eigenvalue weighted by Crippen LogP contribution is 2.39. The van der Waals surface area contributed by atoms with Gasteiger partial charge < -0.3 is 14.8 Å². The molecular weight excluding hydrogens is 744 g/mol. The number of hydrogen-bond donors (Lipinski definition) is 3. The number of aldehydes is 1. The topological polar surface area (TPSA) is 192 Å². The highest BCUT2D eigenvalue weighted by atomic mass is 32.2. The minimum Gasteiger partial charge on any atom is -0.487 e. The number of halogens is 1. The molecule has 1 atom stereocenters. The van der Waals surface area contributed by atoms with Crippen molar-refractivity contribution in [1.82, 2.24) is 14.5 Å². The lowest BCUT2D eigenvalue weighted by molar-refractivity contribution is -0.135. The summed E-state index contributed by atoms with van der Waals surface area (Å²) in [7, 11) is -2.95. The Morgan fingerprint density at radius 2 is 1.70 bits per heavy atom. The summed E-state index contributed by atoms with van der Waals surface area (Å²) in [5, 5.41) is 10.8. The molecule has 1 aliphatic heterocycles. The van der Waals surface area contributed by atoms with Crippen molar-refractivity contribution >= 4 is 67.4 Å². The van der Waals surface area contributed by atoms with Crippen molar-refractivity contribution in [2.24, 2.45) is 12.2 Å². The third-order valence-corrected chi connectivity index (χ3v) is 10.5. The number of nitrogens with one attached hydrogen (secondary N) is 2. The number of imide groups is 1. The first-order valence-electron chi connectivity index (χ1n) is 17.4. The Balaban J connectivity index is 1.10. The van der Waals surface area contributed by atoms with Gasteiger partial charge in [-0.15, -0.1) is 0 Å². The maximum absolute atomic E-state index is 16.1. The number of imidazole rings is 1. The van der Waals surface area contributed by atoms with Gasteiger partial charge in [-0.2, -0.15) is 8.42 Å². The van der Waals surface area contributed by atoms with Crippen molar-refractivity contribution in [2.45, 2.75) is 31.9 Å². The third-order valence-electron chi connectivity index (χ3n) is 9.60. The number of benzene rings is 5. The zero-order valence-electron chi connectivity index (χ0n) is 29.9. The molecule has 14 nitrogen and oxygen atoms in total. The monoisotopic (exact) mass is 778 g/mol. The van der Waals surface area contributed by atoms with Crippen LogP contribution in [0.2, 0.25) is 0 Å². The van der Waals surface area contributed by atoms with Crippen LogP contribution in [0.4, 0.5) is 15.8 Å². The first kappa shape index (κ1) is 37.7. The van der Waals surface area contributed by atoms with E-state index in [-0.39, 0.29) is 60.8 Å². The van der Waals surface area contributed by atoms with Crippen LogP contribution < -0.4 is 30.5 Å². The van der Waals surface area contributed by atoms with Crippen LogP contribution in [0.3, 0.4) is 0 Å². The van der Waals surface area contributed by atoms with E-state index in [9.17, 15) is 32.4 Å². The Bertz CT molecular complexity index is 2710. The zero-order valence-corrected chi connectivity index (χ0v) is 30.7. The number of carbonyl (C=O) groups is 4. The van der Waals surface area contributed by atoms with Crippen molar-refractivity contribution in [2.75, 3.05) is 16.2 Å². The summed E-state index contributed by atoms with van der Waals surface area (Å²) in [6, 6.07) is 26.7. The third kappa shape index (κ3) is 7.51. The number of rotatable bonds is 12. The maximum atomic E-state index is 16.1. The van der Waals surface area contributed by atoms with E-state index in [2.05, 4.69) is 10.6 Å². The second-order valence-electron chi connectivity index (χ2n) is 13.3. The number of fused-ring (bicyclic) bond motifs is 2. The number of amides is 3. The van der Waals surface area contributed by atoms with Gasteiger partial charge in [0, 0.05) is 24.5 Å². The standard InChI is InChI=1S/C40H35FN6O8S/c1-45-33-21-27(11-14-31(33)47(40(45)52)32-15-16-35(49)44-39(32)51)26-9-7-24(8-10-26)19-36(50)43-29-12-13-30-28(20-29)22-34(55-23-25-5-3-2-4-6-25)38(37(30)41)46(17-18-48)56(42,53)54/h2-14,18,20-22,32H,15-17,19,23H2,1H3,(H,43,50)(H2,42,53,54)(H,44,49,51). The van der Waals surface area contributed by atoms with Crippen LogP contribution in [0.5, 0.6) is 5.75 Å². The molecule has 1 aliphatic rings. The predicted molar refractivity (Wildman–Crippen MR) is 208 cm³/mol. The number of ether oxygens (including phenoxy) is 1. The Hall–Kier alpha value is -6.65. The SMILES string of the molecule is Cn1c(=O)n(C2CCC(=O)NC2=O)c2ccc(-c3ccc(CC(=O)Nc4ccc5c(F)c(N(CC=O)S(N)(=O)=O)c(OCc6ccccc6)cc5c4)cc3)cc21. The smallest absolute Gasteiger partial charge is 0.329 e. The van der Waals surface area contributed by atoms with Gasteiger partial charge in [0.05, 0.1) is 24.0 Å². The molecule has 1 unspecified atom stereocenters. The quantitative estimate of drug-likeness (QED) is 0.121. The van der Waals surface area contributed by atoms with E-state index in [1.807, 2.05) is 30.3 Å². The summed E-state index contributed by atoms with van der Waals surface area (Å²) in [5.74, 6) is -2.38. The molecule has 1 saturated heterocycles. The number of nitrogens with zero attached hydrogens (tertiary/aromatic N) is 3. The molecule has 3 amide bonds. The summed E-state index contributed by atoms with van der Waals surface area (Å²) in [5.41, 5.74) is 3.71. The molecule has 0 bridgehead atoms. The highest BCUT2D eigenvalue weighted by molar-refractivity contribution is 7.90. The average Bonchev–Trinajstić information content (AvgIpc) is 3.41. The second kappa shape index (κ2) is 15.2. The van der Waals surface area contributed by atoms with Gasteiger partial charge >= 0.3 is 5.69 Å². The molecule has 7 rings (SSSR count). The summed E-state index contributed by atoms with van der Waals surface area (Å²) < 4.78 is 50.2. The van der Waals surface area contributed by atoms with Crippen molar-refractivity contribution in [3.8, 4) is 16.9 Å². The fourth-order valence-corrected chi connectivity index (χ4v) is 7.54. The summed E-state index contributed by atoms with van der Waals surface area (Å²) in [6.07, 6.45) is 0.674. The summed E-state index contributed by atoms with van der Waals surface area (Å²) in [6.45, 7) is -0.783. The van der Waals surface area contributed by atoms with Crippen molar-refractivity contribution in [3.63, 3.8) is 0 Å². The van der Waals surface area contributed by atoms with Crippen LogP contribution >= 0.6 is 0 Å². The first-order chi connectivity index (χ1) is 26.8. The van der Waals surface area contributed by atoms with Gasteiger partial charge in [0.2, 0.25) is 17.7 Å². The van der Waals surface area contributed by atoms with Gasteiger partial charge in [-0.25, -0.2) is 18.6 Å². The van der Waals surface area contributed by atoms with Crippen molar-refractivity contribution < 1.29 is 36.7 Å². The lowest BCUT2D eigenvalue weighted by Crippen LogP contribution is -2.44. The fourth-order valence-electron chi connectivity index (χ4n) is 6.85. The number of aromatic nitrogens is 2. The molecule has 2 heterocycles. The molecule has 286 valence electrons. The van der Waals surface area contributed by atoms with E-state index in [1.54, 1.807) is 49.5 Å². The van der Waals surface area contributed by atoms with Crippen LogP contribution in [0.15, 0.2) is 102 Å². The predicted octanol–water partition coefficient (Wildman–Crippen LogP) is 4.25. The van der Waals surface area contributed by atoms with Crippen molar-refractivity contribution in [3.05, 3.63) is 124 Å². The van der Waals surface area contributed by atoms with Gasteiger partial charge in [0.15, 0.2) is 5.82 Å². The molecule has 4 N–H and O–H groups in total. The van der Waals surface area contributed by atoms with Crippen molar-refractivity contribution in [1.29, 1.82) is 0 Å². The maximum Gasteiger partial charge on any atom is 0.329 e. The molecule has 5 aromatic carbocycles. The Labute approximate surface area is 319 Å². The Kier molecular flexibility index (Phi) is 10.2. The highest BCUT2D eigenvalue weighted by Gasteiger charge is 2.31. The molecular formula is C40H35FN6O8S. The molecule has 0 saturated carbocycles. The van der Waals surface area contributed by atoms with Gasteiger partial charge in [0.25, 0.3) is 10.2 Å². The van der Waals surface area contributed by atoms with Gasteiger partial charge in [0.1, 0.15) is 30.4 Å². The first-order valence-corrected chi connectivity index (χ1v) is 18.9. The zero-order chi connectivity index (χ0) is 39.7. The molecule has 56 heavy (non-hydrogen) atoms. The molecule has 16 heteroatoms. The van der Waals surface area contributed by atoms with Gasteiger partial charge in [-0.05, 0) is 70.5 Å². The van der Waals surface area contributed by atoms with Crippen LogP contribution in [-0.4, -0.2) is 48.1 Å². The molecule has 1 aromatic heterocycles. The summed E-state index contributed by atoms with van der Waals surface area (Å²) >= 11 is 0. The molecule has 0 radical (unpaired) electrons. The second-order valence-corrected chi connectivity index (χ2v) is 14.8. The lowest BCUT2D eigenvalue weighted by Gasteiger charge is -2.24. The van der Waals surface area contributed by atoms with E-state index < -0.39 is 40.2 Å². The van der Waals surface area contributed by atoms with Crippen LogP contribution in [0.1, 0.15) is 30.0 Å². The average molecular weight is 779 g/mol. The largest absolute Gasteiger partial charge is 0.487 e. The number of carbonyl (C=O) groups excluding carboxylic acids is 4. The molecule has 0 aliphatic carbocycles. The van der Waals surface area contributed by atoms with E-state index >= 15 is 4.39 Å². The molecule has 6 aromatic rings. The lowest BCUT2D eigenvalue weighted by atomic mass is 10.0. The number of piperidine rings is 1. The Morgan fingerprint density at radius 1 is 0.964 bits per heavy atom. The summed E-state index contributed by atoms with van der Waals surface area (Å²) in [4.78, 5) is 61.9. The van der Waals surface area contributed by atoms with E-state index in [0.717, 1.165) is 16.7 Å². The van der Waals surface area contributed by atoms with Crippen LogP contribution in [0, 0.1) is 5.82 Å². The number of aryl methyl sites for hydroxylation is 1. The number of anilines is 2. The van der Waals surface area contributed by atoms with E-state index in [4.69, 9.17) is 9.88 Å². The van der Waals surface area contributed by atoms with Crippen LogP contribution in [0.25, 0.3) is 32.9 Å². The molecule has 1 fully saturated rings. The number of nitrogens with two attached hydrogens (primary N) is 1. The van der Waals surface area contributed by atoms with Gasteiger partial charge in [-0.1, -0.05) is 60.7 Å². The van der Waals surface area contributed by atoms with Gasteiger partial charge in [-0.3, -0.25) is 28.8 Å². The van der Waals surface area contributed by atoms with Crippen LogP contribution in [-0.2, 0) is 49.5 Å². The normalized spacial score (nSPS) is 14.4. The van der Waals surface area contributed by atoms with E-state index in [0.29, 0.717) is 32.0 Å².